The number of nitrogens with zero attached hydrogens (tertiary/aromatic N) is 1. The van der Waals surface area contributed by atoms with Crippen LogP contribution in [0.4, 0.5) is 9.80 Å². The maximum Gasteiger partial charge on any atom is 0.409 e. The summed E-state index contributed by atoms with van der Waals surface area (Å²) in [5, 5.41) is 10.2. The van der Waals surface area contributed by atoms with Crippen molar-refractivity contribution in [2.24, 2.45) is 0 Å². The van der Waals surface area contributed by atoms with E-state index in [-0.39, 0.29) is 10.1 Å². The fourth-order valence-corrected chi connectivity index (χ4v) is 1.34. The molecule has 0 amide bonds. The maximum atomic E-state index is 10.2. The molecule has 1 heterocycles. The molecule has 0 aliphatic heterocycles. The van der Waals surface area contributed by atoms with E-state index < -0.39 is 10.4 Å². The molecular weight excluding hydrogens is 206 g/mol. The third kappa shape index (κ3) is 2.18. The second-order valence-electron chi connectivity index (χ2n) is 1.69. The zero-order valence-electron chi connectivity index (χ0n) is 5.52. The molecule has 0 aromatic carbocycles. The van der Waals surface area contributed by atoms with Gasteiger partial charge in [0.1, 0.15) is 0 Å². The van der Waals surface area contributed by atoms with Crippen LogP contribution < -0.4 is 4.74 Å². The Morgan fingerprint density at radius 2 is 2.33 bits per heavy atom. The van der Waals surface area contributed by atoms with Crippen molar-refractivity contribution < 1.29 is 14.5 Å². The topological polar surface area (TPSA) is 69.4 Å². The van der Waals surface area contributed by atoms with Gasteiger partial charge in [-0.2, -0.15) is 0 Å². The van der Waals surface area contributed by atoms with E-state index in [4.69, 9.17) is 11.6 Å². The number of hydrogen-bond acceptors (Lipinski definition) is 5. The predicted octanol–water partition coefficient (Wildman–Crippen LogP) is 2.39. The Morgan fingerprint density at radius 1 is 1.67 bits per heavy atom. The number of halogens is 1. The molecule has 0 radical (unpaired) electrons. The monoisotopic (exact) mass is 207 g/mol. The number of ether oxygens (including phenoxy) is 1. The second kappa shape index (κ2) is 3.51. The molecule has 0 aliphatic carbocycles. The van der Waals surface area contributed by atoms with E-state index in [2.05, 4.69) is 4.74 Å². The lowest BCUT2D eigenvalue weighted by atomic mass is 10.6. The number of carbonyl (C=O) groups excluding carboxylic acids is 1. The van der Waals surface area contributed by atoms with Gasteiger partial charge >= 0.3 is 10.4 Å². The van der Waals surface area contributed by atoms with Crippen LogP contribution in [-0.2, 0) is 0 Å². The van der Waals surface area contributed by atoms with Crippen molar-refractivity contribution in [3.63, 3.8) is 0 Å². The lowest BCUT2D eigenvalue weighted by Crippen LogP contribution is -1.92. The van der Waals surface area contributed by atoms with Gasteiger partial charge in [-0.15, -0.1) is 0 Å². The van der Waals surface area contributed by atoms with Gasteiger partial charge in [0.05, 0.1) is 4.92 Å². The molecule has 0 aliphatic rings. The summed E-state index contributed by atoms with van der Waals surface area (Å²) in [6.45, 7) is 0. The molecule has 1 aromatic heterocycles. The second-order valence-corrected chi connectivity index (χ2v) is 3.02. The van der Waals surface area contributed by atoms with Crippen LogP contribution in [0.2, 0.25) is 0 Å². The van der Waals surface area contributed by atoms with Crippen molar-refractivity contribution in [3.05, 3.63) is 22.2 Å². The molecule has 0 spiro atoms. The Hall–Kier alpha value is -1.14. The van der Waals surface area contributed by atoms with Gasteiger partial charge in [-0.25, -0.2) is 4.79 Å². The summed E-state index contributed by atoms with van der Waals surface area (Å²) >= 11 is 5.62. The Bertz CT molecular complexity index is 323. The SMILES string of the molecule is O=C(Cl)Oc1ccc([N+](=O)[O-])s1. The summed E-state index contributed by atoms with van der Waals surface area (Å²) in [7, 11) is 0. The molecule has 7 heteroatoms. The molecule has 0 N–H and O–H groups in total. The minimum atomic E-state index is -1.01. The van der Waals surface area contributed by atoms with Crippen molar-refractivity contribution in [2.75, 3.05) is 0 Å². The normalized spacial score (nSPS) is 9.42. The van der Waals surface area contributed by atoms with Crippen molar-refractivity contribution in [2.45, 2.75) is 0 Å². The largest absolute Gasteiger partial charge is 0.409 e. The highest BCUT2D eigenvalue weighted by molar-refractivity contribution is 7.17. The van der Waals surface area contributed by atoms with Gasteiger partial charge in [0.15, 0.2) is 5.06 Å². The van der Waals surface area contributed by atoms with Crippen LogP contribution >= 0.6 is 22.9 Å². The van der Waals surface area contributed by atoms with Crippen LogP contribution in [-0.4, -0.2) is 10.4 Å². The van der Waals surface area contributed by atoms with E-state index in [1.165, 1.54) is 12.1 Å². The van der Waals surface area contributed by atoms with Crippen molar-refractivity contribution in [1.29, 1.82) is 0 Å². The zero-order chi connectivity index (χ0) is 9.14. The average molecular weight is 208 g/mol. The Balaban J connectivity index is 2.77. The quantitative estimate of drug-likeness (QED) is 0.424. The summed E-state index contributed by atoms with van der Waals surface area (Å²) in [6.07, 6.45) is 0. The Morgan fingerprint density at radius 3 is 2.75 bits per heavy atom. The summed E-state index contributed by atoms with van der Waals surface area (Å²) in [5.41, 5.74) is -1.01. The van der Waals surface area contributed by atoms with E-state index >= 15 is 0 Å². The highest BCUT2D eigenvalue weighted by atomic mass is 35.5. The molecule has 5 nitrogen and oxygen atoms in total. The summed E-state index contributed by atoms with van der Waals surface area (Å²) in [5.74, 6) is 0. The highest BCUT2D eigenvalue weighted by Gasteiger charge is 2.11. The Labute approximate surface area is 75.7 Å². The maximum absolute atomic E-state index is 10.2. The molecule has 1 aromatic rings. The van der Waals surface area contributed by atoms with Gasteiger partial charge in [0.2, 0.25) is 0 Å². The lowest BCUT2D eigenvalue weighted by Gasteiger charge is -1.89. The summed E-state index contributed by atoms with van der Waals surface area (Å²) in [4.78, 5) is 19.7. The van der Waals surface area contributed by atoms with Crippen molar-refractivity contribution in [3.8, 4) is 5.06 Å². The van der Waals surface area contributed by atoms with Gasteiger partial charge in [-0.3, -0.25) is 10.1 Å². The average Bonchev–Trinajstić information content (AvgIpc) is 2.34. The molecule has 12 heavy (non-hydrogen) atoms. The lowest BCUT2D eigenvalue weighted by molar-refractivity contribution is -0.380. The van der Waals surface area contributed by atoms with Crippen LogP contribution in [0.5, 0.6) is 5.06 Å². The summed E-state index contributed by atoms with van der Waals surface area (Å²) < 4.78 is 4.39. The van der Waals surface area contributed by atoms with Gasteiger partial charge in [0, 0.05) is 17.7 Å². The molecule has 0 saturated carbocycles. The predicted molar refractivity (Wildman–Crippen MR) is 42.9 cm³/mol. The smallest absolute Gasteiger partial charge is 0.403 e. The minimum absolute atomic E-state index is 0.0945. The van der Waals surface area contributed by atoms with Gasteiger partial charge in [-0.05, 0) is 17.4 Å². The highest BCUT2D eigenvalue weighted by Crippen LogP contribution is 2.30. The van der Waals surface area contributed by atoms with E-state index in [9.17, 15) is 14.9 Å². The molecule has 0 fully saturated rings. The third-order valence-corrected chi connectivity index (χ3v) is 1.92. The fraction of sp³-hybridized carbons (Fsp3) is 0. The van der Waals surface area contributed by atoms with E-state index in [1.54, 1.807) is 0 Å². The van der Waals surface area contributed by atoms with Crippen LogP contribution in [0.3, 0.4) is 0 Å². The van der Waals surface area contributed by atoms with Crippen LogP contribution in [0.1, 0.15) is 0 Å². The van der Waals surface area contributed by atoms with Gasteiger partial charge < -0.3 is 4.74 Å². The van der Waals surface area contributed by atoms with Crippen molar-refractivity contribution >= 4 is 33.4 Å². The zero-order valence-corrected chi connectivity index (χ0v) is 7.09. The molecule has 1 rings (SSSR count). The number of nitro groups is 1. The number of rotatable bonds is 2. The first kappa shape index (κ1) is 8.95. The standard InChI is InChI=1S/C5H2ClNO4S/c6-5(8)11-4-2-1-3(12-4)7(9)10/h1-2H. The molecule has 0 atom stereocenters. The van der Waals surface area contributed by atoms with Crippen molar-refractivity contribution in [1.82, 2.24) is 0 Å². The number of carbonyl (C=O) groups is 1. The van der Waals surface area contributed by atoms with Crippen LogP contribution in [0.15, 0.2) is 12.1 Å². The Kier molecular flexibility index (Phi) is 2.61. The van der Waals surface area contributed by atoms with Gasteiger partial charge in [-0.1, -0.05) is 0 Å². The molecule has 0 unspecified atom stereocenters. The first-order valence-corrected chi connectivity index (χ1v) is 3.90. The minimum Gasteiger partial charge on any atom is -0.403 e. The summed E-state index contributed by atoms with van der Waals surface area (Å²) in [6, 6.07) is 2.54. The van der Waals surface area contributed by atoms with Crippen LogP contribution in [0.25, 0.3) is 0 Å². The number of thiophene rings is 1. The molecular formula is C5H2ClNO4S. The van der Waals surface area contributed by atoms with E-state index in [1.807, 2.05) is 0 Å². The fourth-order valence-electron chi connectivity index (χ4n) is 0.543. The van der Waals surface area contributed by atoms with Gasteiger partial charge in [0.25, 0.3) is 0 Å². The molecule has 0 saturated heterocycles. The van der Waals surface area contributed by atoms with E-state index in [0.29, 0.717) is 0 Å². The van der Waals surface area contributed by atoms with E-state index in [0.717, 1.165) is 11.3 Å². The molecule has 0 bridgehead atoms. The molecule has 64 valence electrons. The first-order chi connectivity index (χ1) is 5.59. The third-order valence-electron chi connectivity index (χ3n) is 0.928. The first-order valence-electron chi connectivity index (χ1n) is 2.71. The van der Waals surface area contributed by atoms with Crippen LogP contribution in [0, 0.1) is 10.1 Å². The number of hydrogen-bond donors (Lipinski definition) is 0.